The SMILES string of the molecule is CCC(=O)c1ccccc1N(C)c1cccc(C)c1. The van der Waals surface area contributed by atoms with Gasteiger partial charge in [-0.1, -0.05) is 31.2 Å². The van der Waals surface area contributed by atoms with Crippen LogP contribution in [0, 0.1) is 6.92 Å². The zero-order chi connectivity index (χ0) is 13.8. The molecule has 0 fully saturated rings. The Kier molecular flexibility index (Phi) is 4.00. The highest BCUT2D eigenvalue weighted by atomic mass is 16.1. The summed E-state index contributed by atoms with van der Waals surface area (Å²) in [6, 6.07) is 16.0. The van der Waals surface area contributed by atoms with Gasteiger partial charge in [-0.25, -0.2) is 0 Å². The van der Waals surface area contributed by atoms with E-state index in [-0.39, 0.29) is 5.78 Å². The van der Waals surface area contributed by atoms with Gasteiger partial charge in [-0.05, 0) is 36.8 Å². The molecule has 2 nitrogen and oxygen atoms in total. The number of aryl methyl sites for hydroxylation is 1. The number of anilines is 2. The number of para-hydroxylation sites is 1. The van der Waals surface area contributed by atoms with Crippen LogP contribution >= 0.6 is 0 Å². The number of benzene rings is 2. The van der Waals surface area contributed by atoms with Crippen molar-refractivity contribution >= 4 is 17.2 Å². The molecule has 2 aromatic rings. The summed E-state index contributed by atoms with van der Waals surface area (Å²) in [4.78, 5) is 14.1. The Morgan fingerprint density at radius 1 is 1.11 bits per heavy atom. The zero-order valence-electron chi connectivity index (χ0n) is 11.7. The number of nitrogens with zero attached hydrogens (tertiary/aromatic N) is 1. The highest BCUT2D eigenvalue weighted by Crippen LogP contribution is 2.28. The predicted molar refractivity (Wildman–Crippen MR) is 80.3 cm³/mol. The van der Waals surface area contributed by atoms with Crippen molar-refractivity contribution in [2.45, 2.75) is 20.3 Å². The molecule has 0 aliphatic rings. The summed E-state index contributed by atoms with van der Waals surface area (Å²) >= 11 is 0. The molecule has 0 aliphatic heterocycles. The maximum absolute atomic E-state index is 12.0. The minimum absolute atomic E-state index is 0.176. The normalized spacial score (nSPS) is 10.3. The lowest BCUT2D eigenvalue weighted by molar-refractivity contribution is 0.0989. The zero-order valence-corrected chi connectivity index (χ0v) is 11.7. The van der Waals surface area contributed by atoms with Crippen molar-refractivity contribution in [3.05, 3.63) is 59.7 Å². The molecule has 2 rings (SSSR count). The summed E-state index contributed by atoms with van der Waals surface area (Å²) in [6.45, 7) is 3.96. The number of carbonyl (C=O) groups excluding carboxylic acids is 1. The summed E-state index contributed by atoms with van der Waals surface area (Å²) in [5.74, 6) is 0.176. The number of rotatable bonds is 4. The molecule has 0 radical (unpaired) electrons. The first-order valence-electron chi connectivity index (χ1n) is 6.56. The molecular formula is C17H19NO. The van der Waals surface area contributed by atoms with Crippen LogP contribution in [0.15, 0.2) is 48.5 Å². The van der Waals surface area contributed by atoms with E-state index in [0.717, 1.165) is 16.9 Å². The molecule has 2 heteroatoms. The molecule has 0 heterocycles. The Labute approximate surface area is 114 Å². The van der Waals surface area contributed by atoms with Gasteiger partial charge in [-0.3, -0.25) is 4.79 Å². The Morgan fingerprint density at radius 2 is 1.84 bits per heavy atom. The van der Waals surface area contributed by atoms with E-state index in [1.807, 2.05) is 44.3 Å². The van der Waals surface area contributed by atoms with Crippen molar-refractivity contribution in [2.24, 2.45) is 0 Å². The van der Waals surface area contributed by atoms with E-state index in [1.165, 1.54) is 5.56 Å². The van der Waals surface area contributed by atoms with Gasteiger partial charge in [0.15, 0.2) is 5.78 Å². The van der Waals surface area contributed by atoms with E-state index in [9.17, 15) is 4.79 Å². The van der Waals surface area contributed by atoms with Crippen LogP contribution in [0.3, 0.4) is 0 Å². The topological polar surface area (TPSA) is 20.3 Å². The molecule has 0 spiro atoms. The quantitative estimate of drug-likeness (QED) is 0.755. The first kappa shape index (κ1) is 13.3. The van der Waals surface area contributed by atoms with Gasteiger partial charge in [0.2, 0.25) is 0 Å². The van der Waals surface area contributed by atoms with Gasteiger partial charge in [0.25, 0.3) is 0 Å². The standard InChI is InChI=1S/C17H19NO/c1-4-17(19)15-10-5-6-11-16(15)18(3)14-9-7-8-13(2)12-14/h5-12H,4H2,1-3H3. The van der Waals surface area contributed by atoms with E-state index in [4.69, 9.17) is 0 Å². The van der Waals surface area contributed by atoms with Gasteiger partial charge in [0.1, 0.15) is 0 Å². The lowest BCUT2D eigenvalue weighted by Crippen LogP contribution is -2.13. The van der Waals surface area contributed by atoms with E-state index >= 15 is 0 Å². The van der Waals surface area contributed by atoms with Crippen LogP contribution in [0.4, 0.5) is 11.4 Å². The Bertz CT molecular complexity index is 589. The lowest BCUT2D eigenvalue weighted by atomic mass is 10.1. The van der Waals surface area contributed by atoms with Crippen molar-refractivity contribution < 1.29 is 4.79 Å². The Balaban J connectivity index is 2.44. The Morgan fingerprint density at radius 3 is 2.53 bits per heavy atom. The first-order valence-corrected chi connectivity index (χ1v) is 6.56. The van der Waals surface area contributed by atoms with E-state index in [2.05, 4.69) is 30.0 Å². The largest absolute Gasteiger partial charge is 0.344 e. The van der Waals surface area contributed by atoms with Crippen molar-refractivity contribution in [3.63, 3.8) is 0 Å². The molecular weight excluding hydrogens is 234 g/mol. The highest BCUT2D eigenvalue weighted by molar-refractivity contribution is 6.01. The monoisotopic (exact) mass is 253 g/mol. The van der Waals surface area contributed by atoms with Gasteiger partial charge >= 0.3 is 0 Å². The van der Waals surface area contributed by atoms with Crippen molar-refractivity contribution in [3.8, 4) is 0 Å². The van der Waals surface area contributed by atoms with Gasteiger partial charge in [0, 0.05) is 24.7 Å². The molecule has 2 aromatic carbocycles. The minimum atomic E-state index is 0.176. The summed E-state index contributed by atoms with van der Waals surface area (Å²) in [5, 5.41) is 0. The van der Waals surface area contributed by atoms with Crippen molar-refractivity contribution in [2.75, 3.05) is 11.9 Å². The summed E-state index contributed by atoms with van der Waals surface area (Å²) in [6.07, 6.45) is 0.526. The molecule has 19 heavy (non-hydrogen) atoms. The van der Waals surface area contributed by atoms with Crippen LogP contribution in [0.2, 0.25) is 0 Å². The molecule has 98 valence electrons. The molecule has 0 N–H and O–H groups in total. The third-order valence-corrected chi connectivity index (χ3v) is 3.28. The Hall–Kier alpha value is -2.09. The van der Waals surface area contributed by atoms with Crippen LogP contribution in [-0.2, 0) is 0 Å². The summed E-state index contributed by atoms with van der Waals surface area (Å²) in [7, 11) is 2.00. The first-order chi connectivity index (χ1) is 9.13. The molecule has 0 saturated heterocycles. The van der Waals surface area contributed by atoms with E-state index < -0.39 is 0 Å². The van der Waals surface area contributed by atoms with Crippen LogP contribution in [0.25, 0.3) is 0 Å². The second kappa shape index (κ2) is 5.70. The van der Waals surface area contributed by atoms with Crippen molar-refractivity contribution in [1.82, 2.24) is 0 Å². The molecule has 0 unspecified atom stereocenters. The molecule has 0 aliphatic carbocycles. The van der Waals surface area contributed by atoms with Crippen LogP contribution in [0.1, 0.15) is 29.3 Å². The van der Waals surface area contributed by atoms with Gasteiger partial charge < -0.3 is 4.90 Å². The predicted octanol–water partition coefficient (Wildman–Crippen LogP) is 4.36. The summed E-state index contributed by atoms with van der Waals surface area (Å²) in [5.41, 5.74) is 4.05. The van der Waals surface area contributed by atoms with Crippen LogP contribution < -0.4 is 4.90 Å². The third kappa shape index (κ3) is 2.84. The van der Waals surface area contributed by atoms with Gasteiger partial charge in [0.05, 0.1) is 5.69 Å². The molecule has 0 bridgehead atoms. The maximum atomic E-state index is 12.0. The van der Waals surface area contributed by atoms with Crippen LogP contribution in [0.5, 0.6) is 0 Å². The number of Topliss-reactive ketones (excluding diaryl/α,β-unsaturated/α-hetero) is 1. The van der Waals surface area contributed by atoms with Gasteiger partial charge in [-0.15, -0.1) is 0 Å². The average molecular weight is 253 g/mol. The van der Waals surface area contributed by atoms with Gasteiger partial charge in [-0.2, -0.15) is 0 Å². The summed E-state index contributed by atoms with van der Waals surface area (Å²) < 4.78 is 0. The fraction of sp³-hybridized carbons (Fsp3) is 0.235. The fourth-order valence-corrected chi connectivity index (χ4v) is 2.17. The van der Waals surface area contributed by atoms with E-state index in [1.54, 1.807) is 0 Å². The number of ketones is 1. The number of hydrogen-bond acceptors (Lipinski definition) is 2. The number of carbonyl (C=O) groups is 1. The smallest absolute Gasteiger partial charge is 0.164 e. The highest BCUT2D eigenvalue weighted by Gasteiger charge is 2.13. The maximum Gasteiger partial charge on any atom is 0.164 e. The molecule has 0 saturated carbocycles. The molecule has 0 aromatic heterocycles. The van der Waals surface area contributed by atoms with E-state index in [0.29, 0.717) is 6.42 Å². The third-order valence-electron chi connectivity index (χ3n) is 3.28. The average Bonchev–Trinajstić information content (AvgIpc) is 2.45. The molecule has 0 atom stereocenters. The number of hydrogen-bond donors (Lipinski definition) is 0. The van der Waals surface area contributed by atoms with Crippen molar-refractivity contribution in [1.29, 1.82) is 0 Å². The lowest BCUT2D eigenvalue weighted by Gasteiger charge is -2.22. The second-order valence-corrected chi connectivity index (χ2v) is 4.69. The molecule has 0 amide bonds. The fourth-order valence-electron chi connectivity index (χ4n) is 2.17. The second-order valence-electron chi connectivity index (χ2n) is 4.69. The van der Waals surface area contributed by atoms with Crippen LogP contribution in [-0.4, -0.2) is 12.8 Å². The minimum Gasteiger partial charge on any atom is -0.344 e.